The Morgan fingerprint density at radius 3 is 2.41 bits per heavy atom. The second kappa shape index (κ2) is 5.43. The zero-order valence-corrected chi connectivity index (χ0v) is 11.9. The molecule has 17 heavy (non-hydrogen) atoms. The van der Waals surface area contributed by atoms with Gasteiger partial charge in [-0.05, 0) is 32.6 Å². The van der Waals surface area contributed by atoms with Crippen LogP contribution in [0.4, 0.5) is 0 Å². The third kappa shape index (κ3) is 2.37. The summed E-state index contributed by atoms with van der Waals surface area (Å²) in [4.78, 5) is 0. The largest absolute Gasteiger partial charge is 0.266 e. The van der Waals surface area contributed by atoms with Crippen molar-refractivity contribution in [3.05, 3.63) is 17.0 Å². The molecule has 1 aliphatic carbocycles. The van der Waals surface area contributed by atoms with Crippen molar-refractivity contribution < 1.29 is 0 Å². The molecule has 96 valence electrons. The molecule has 1 fully saturated rings. The van der Waals surface area contributed by atoms with E-state index < -0.39 is 0 Å². The fourth-order valence-electron chi connectivity index (χ4n) is 3.06. The lowest BCUT2D eigenvalue weighted by molar-refractivity contribution is 0.447. The van der Waals surface area contributed by atoms with Crippen LogP contribution < -0.4 is 0 Å². The Morgan fingerprint density at radius 1 is 1.29 bits per heavy atom. The quantitative estimate of drug-likeness (QED) is 0.727. The topological polar surface area (TPSA) is 17.8 Å². The van der Waals surface area contributed by atoms with Crippen molar-refractivity contribution >= 4 is 11.6 Å². The van der Waals surface area contributed by atoms with E-state index in [-0.39, 0.29) is 5.38 Å². The van der Waals surface area contributed by atoms with Gasteiger partial charge < -0.3 is 0 Å². The summed E-state index contributed by atoms with van der Waals surface area (Å²) in [5.74, 6) is 0. The Balaban J connectivity index is 2.44. The summed E-state index contributed by atoms with van der Waals surface area (Å²) in [6.07, 6.45) is 7.29. The number of alkyl halides is 1. The van der Waals surface area contributed by atoms with Crippen molar-refractivity contribution in [2.75, 3.05) is 0 Å². The Morgan fingerprint density at radius 2 is 1.94 bits per heavy atom. The summed E-state index contributed by atoms with van der Waals surface area (Å²) in [5, 5.41) is 4.91. The van der Waals surface area contributed by atoms with E-state index in [0.29, 0.717) is 6.04 Å². The Kier molecular flexibility index (Phi) is 4.13. The molecule has 0 radical (unpaired) electrons. The predicted octanol–water partition coefficient (Wildman–Crippen LogP) is 4.42. The normalized spacial score (nSPS) is 18.8. The molecule has 1 heterocycles. The minimum atomic E-state index is 0.0788. The average Bonchev–Trinajstić information content (AvgIpc) is 2.94. The van der Waals surface area contributed by atoms with Crippen molar-refractivity contribution in [3.8, 4) is 0 Å². The van der Waals surface area contributed by atoms with Gasteiger partial charge in [-0.15, -0.1) is 11.6 Å². The fourth-order valence-corrected chi connectivity index (χ4v) is 3.31. The second-order valence-corrected chi connectivity index (χ2v) is 5.67. The molecule has 0 saturated heterocycles. The van der Waals surface area contributed by atoms with Crippen LogP contribution in [0.5, 0.6) is 0 Å². The van der Waals surface area contributed by atoms with E-state index in [1.807, 2.05) is 0 Å². The van der Waals surface area contributed by atoms with Crippen LogP contribution >= 0.6 is 11.6 Å². The molecule has 0 N–H and O–H groups in total. The van der Waals surface area contributed by atoms with Gasteiger partial charge in [0.25, 0.3) is 0 Å². The lowest BCUT2D eigenvalue weighted by Gasteiger charge is -2.14. The molecule has 0 aliphatic heterocycles. The number of aromatic nitrogens is 2. The van der Waals surface area contributed by atoms with E-state index in [1.165, 1.54) is 42.6 Å². The van der Waals surface area contributed by atoms with Crippen LogP contribution in [0.15, 0.2) is 0 Å². The van der Waals surface area contributed by atoms with E-state index >= 15 is 0 Å². The van der Waals surface area contributed by atoms with Gasteiger partial charge in [-0.25, -0.2) is 0 Å². The highest BCUT2D eigenvalue weighted by Gasteiger charge is 2.25. The number of nitrogens with zero attached hydrogens (tertiary/aromatic N) is 2. The van der Waals surface area contributed by atoms with Gasteiger partial charge in [0.15, 0.2) is 0 Å². The van der Waals surface area contributed by atoms with E-state index in [2.05, 4.69) is 25.5 Å². The minimum absolute atomic E-state index is 0.0788. The summed E-state index contributed by atoms with van der Waals surface area (Å²) in [6.45, 7) is 6.45. The minimum Gasteiger partial charge on any atom is -0.266 e. The lowest BCUT2D eigenvalue weighted by Crippen LogP contribution is -2.10. The van der Waals surface area contributed by atoms with Crippen LogP contribution in [0.2, 0.25) is 0 Å². The Hall–Kier alpha value is -0.500. The number of hydrogen-bond acceptors (Lipinski definition) is 1. The molecule has 0 aromatic carbocycles. The first-order valence-corrected chi connectivity index (χ1v) is 7.36. The van der Waals surface area contributed by atoms with Crippen LogP contribution in [0, 0.1) is 0 Å². The third-order valence-corrected chi connectivity index (χ3v) is 4.08. The van der Waals surface area contributed by atoms with Crippen LogP contribution in [-0.4, -0.2) is 9.78 Å². The molecule has 2 rings (SSSR count). The van der Waals surface area contributed by atoms with Gasteiger partial charge in [-0.2, -0.15) is 5.10 Å². The molecule has 1 saturated carbocycles. The van der Waals surface area contributed by atoms with Crippen LogP contribution in [-0.2, 0) is 12.8 Å². The third-order valence-electron chi connectivity index (χ3n) is 3.86. The Labute approximate surface area is 109 Å². The van der Waals surface area contributed by atoms with Crippen molar-refractivity contribution in [3.63, 3.8) is 0 Å². The first kappa shape index (κ1) is 12.9. The number of halogens is 1. The molecule has 1 unspecified atom stereocenters. The highest BCUT2D eigenvalue weighted by molar-refractivity contribution is 6.20. The maximum Gasteiger partial charge on any atom is 0.0671 e. The molecule has 1 aliphatic rings. The van der Waals surface area contributed by atoms with Gasteiger partial charge in [0.1, 0.15) is 0 Å². The van der Waals surface area contributed by atoms with E-state index in [1.54, 1.807) is 0 Å². The lowest BCUT2D eigenvalue weighted by atomic mass is 10.1. The SMILES string of the molecule is CCc1nn(C2CCCC2)c(CC)c1C(C)Cl. The zero-order valence-electron chi connectivity index (χ0n) is 11.2. The number of rotatable bonds is 4. The van der Waals surface area contributed by atoms with E-state index in [0.717, 1.165) is 12.8 Å². The van der Waals surface area contributed by atoms with Gasteiger partial charge >= 0.3 is 0 Å². The molecule has 3 heteroatoms. The standard InChI is InChI=1S/C14H23ClN2/c1-4-12-14(10(3)15)13(5-2)17(16-12)11-8-6-7-9-11/h10-11H,4-9H2,1-3H3. The van der Waals surface area contributed by atoms with E-state index in [4.69, 9.17) is 16.7 Å². The monoisotopic (exact) mass is 254 g/mol. The fraction of sp³-hybridized carbons (Fsp3) is 0.786. The highest BCUT2D eigenvalue weighted by Crippen LogP contribution is 2.35. The maximum atomic E-state index is 6.34. The van der Waals surface area contributed by atoms with Crippen LogP contribution in [0.25, 0.3) is 0 Å². The molecule has 1 aromatic heterocycles. The molecular formula is C14H23ClN2. The zero-order chi connectivity index (χ0) is 12.4. The van der Waals surface area contributed by atoms with Crippen molar-refractivity contribution in [2.45, 2.75) is 70.7 Å². The summed E-state index contributed by atoms with van der Waals surface area (Å²) >= 11 is 6.34. The summed E-state index contributed by atoms with van der Waals surface area (Å²) in [7, 11) is 0. The molecule has 0 spiro atoms. The van der Waals surface area contributed by atoms with Gasteiger partial charge in [0.2, 0.25) is 0 Å². The van der Waals surface area contributed by atoms with Crippen molar-refractivity contribution in [2.24, 2.45) is 0 Å². The van der Waals surface area contributed by atoms with Crippen LogP contribution in [0.3, 0.4) is 0 Å². The van der Waals surface area contributed by atoms with Gasteiger partial charge in [0.05, 0.1) is 17.1 Å². The van der Waals surface area contributed by atoms with Gasteiger partial charge in [-0.1, -0.05) is 26.7 Å². The van der Waals surface area contributed by atoms with Gasteiger partial charge in [-0.3, -0.25) is 4.68 Å². The molecule has 2 nitrogen and oxygen atoms in total. The van der Waals surface area contributed by atoms with Crippen molar-refractivity contribution in [1.29, 1.82) is 0 Å². The second-order valence-electron chi connectivity index (χ2n) is 5.01. The summed E-state index contributed by atoms with van der Waals surface area (Å²) < 4.78 is 2.29. The molecular weight excluding hydrogens is 232 g/mol. The Bertz CT molecular complexity index is 376. The maximum absolute atomic E-state index is 6.34. The molecule has 0 amide bonds. The summed E-state index contributed by atoms with van der Waals surface area (Å²) in [5.41, 5.74) is 3.87. The number of aryl methyl sites for hydroxylation is 1. The van der Waals surface area contributed by atoms with Crippen LogP contribution in [0.1, 0.15) is 74.8 Å². The average molecular weight is 255 g/mol. The first-order valence-electron chi connectivity index (χ1n) is 6.93. The number of hydrogen-bond donors (Lipinski definition) is 0. The first-order chi connectivity index (χ1) is 8.19. The van der Waals surface area contributed by atoms with Crippen molar-refractivity contribution in [1.82, 2.24) is 9.78 Å². The van der Waals surface area contributed by atoms with E-state index in [9.17, 15) is 0 Å². The molecule has 0 bridgehead atoms. The van der Waals surface area contributed by atoms with Gasteiger partial charge in [0, 0.05) is 11.3 Å². The molecule has 1 aromatic rings. The smallest absolute Gasteiger partial charge is 0.0671 e. The predicted molar refractivity (Wildman–Crippen MR) is 72.8 cm³/mol. The molecule has 1 atom stereocenters. The highest BCUT2D eigenvalue weighted by atomic mass is 35.5. The summed E-state index contributed by atoms with van der Waals surface area (Å²) in [6, 6.07) is 0.624.